The van der Waals surface area contributed by atoms with Crippen LogP contribution in [-0.2, 0) is 0 Å². The lowest BCUT2D eigenvalue weighted by Crippen LogP contribution is -2.14. The Labute approximate surface area is 83.1 Å². The summed E-state index contributed by atoms with van der Waals surface area (Å²) in [5.74, 6) is 4.13. The van der Waals surface area contributed by atoms with Crippen LogP contribution >= 0.6 is 0 Å². The van der Waals surface area contributed by atoms with Gasteiger partial charge in [-0.2, -0.15) is 0 Å². The topological polar surface area (TPSA) is 0 Å². The molecule has 13 heavy (non-hydrogen) atoms. The summed E-state index contributed by atoms with van der Waals surface area (Å²) in [6, 6.07) is 0. The van der Waals surface area contributed by atoms with E-state index in [-0.39, 0.29) is 0 Å². The zero-order valence-corrected chi connectivity index (χ0v) is 9.64. The molecule has 5 atom stereocenters. The highest BCUT2D eigenvalue weighted by Gasteiger charge is 2.61. The molecular weight excluding hydrogens is 156 g/mol. The van der Waals surface area contributed by atoms with Gasteiger partial charge < -0.3 is 0 Å². The molecular formula is C13H24. The van der Waals surface area contributed by atoms with Gasteiger partial charge in [0.05, 0.1) is 0 Å². The molecule has 2 aliphatic carbocycles. The van der Waals surface area contributed by atoms with Crippen LogP contribution < -0.4 is 0 Å². The molecule has 0 nitrogen and oxygen atoms in total. The van der Waals surface area contributed by atoms with E-state index in [4.69, 9.17) is 0 Å². The van der Waals surface area contributed by atoms with Crippen molar-refractivity contribution in [1.82, 2.24) is 0 Å². The first-order valence-corrected chi connectivity index (χ1v) is 6.15. The highest BCUT2D eigenvalue weighted by molar-refractivity contribution is 5.10. The third-order valence-electron chi connectivity index (χ3n) is 5.30. The molecule has 0 aromatic rings. The van der Waals surface area contributed by atoms with Crippen molar-refractivity contribution in [3.63, 3.8) is 0 Å². The van der Waals surface area contributed by atoms with Crippen LogP contribution in [0.25, 0.3) is 0 Å². The maximum Gasteiger partial charge on any atom is -0.0238 e. The first kappa shape index (κ1) is 9.55. The van der Waals surface area contributed by atoms with E-state index in [0.29, 0.717) is 0 Å². The molecule has 0 saturated heterocycles. The maximum absolute atomic E-state index is 2.52. The number of hydrogen-bond acceptors (Lipinski definition) is 0. The fraction of sp³-hybridized carbons (Fsp3) is 1.00. The Kier molecular flexibility index (Phi) is 2.20. The van der Waals surface area contributed by atoms with Gasteiger partial charge in [-0.1, -0.05) is 40.5 Å². The normalized spacial score (nSPS) is 54.5. The minimum Gasteiger partial charge on any atom is -0.0651 e. The minimum absolute atomic E-state index is 0.807. The Balaban J connectivity index is 2.13. The van der Waals surface area contributed by atoms with E-state index in [1.165, 1.54) is 19.3 Å². The number of rotatable bonds is 2. The van der Waals surface area contributed by atoms with Gasteiger partial charge in [0.25, 0.3) is 0 Å². The SMILES string of the molecule is CCC1CC2(CC2C)C(C)C1CC. The zero-order chi connectivity index (χ0) is 9.64. The van der Waals surface area contributed by atoms with E-state index < -0.39 is 0 Å². The van der Waals surface area contributed by atoms with Crippen LogP contribution in [0.2, 0.25) is 0 Å². The molecule has 0 heteroatoms. The molecule has 0 N–H and O–H groups in total. The molecule has 0 heterocycles. The van der Waals surface area contributed by atoms with Crippen molar-refractivity contribution < 1.29 is 0 Å². The molecule has 2 rings (SSSR count). The van der Waals surface area contributed by atoms with E-state index in [0.717, 1.165) is 29.1 Å². The summed E-state index contributed by atoms with van der Waals surface area (Å²) < 4.78 is 0. The zero-order valence-electron chi connectivity index (χ0n) is 9.64. The largest absolute Gasteiger partial charge is 0.0651 e. The van der Waals surface area contributed by atoms with Crippen LogP contribution in [0.4, 0.5) is 0 Å². The minimum atomic E-state index is 0.807. The van der Waals surface area contributed by atoms with Crippen LogP contribution in [0.15, 0.2) is 0 Å². The van der Waals surface area contributed by atoms with E-state index in [2.05, 4.69) is 27.7 Å². The van der Waals surface area contributed by atoms with Crippen molar-refractivity contribution >= 4 is 0 Å². The lowest BCUT2D eigenvalue weighted by molar-refractivity contribution is 0.275. The Morgan fingerprint density at radius 3 is 2.00 bits per heavy atom. The molecule has 76 valence electrons. The van der Waals surface area contributed by atoms with Crippen molar-refractivity contribution in [3.8, 4) is 0 Å². The first-order valence-electron chi connectivity index (χ1n) is 6.15. The molecule has 0 radical (unpaired) electrons. The highest BCUT2D eigenvalue weighted by Crippen LogP contribution is 2.69. The molecule has 0 aromatic heterocycles. The molecule has 1 spiro atoms. The van der Waals surface area contributed by atoms with Crippen LogP contribution in [0.1, 0.15) is 53.4 Å². The summed E-state index contributed by atoms with van der Waals surface area (Å²) in [6.07, 6.45) is 5.90. The predicted octanol–water partition coefficient (Wildman–Crippen LogP) is 4.10. The average molecular weight is 180 g/mol. The lowest BCUT2D eigenvalue weighted by atomic mass is 9.84. The molecule has 5 unspecified atom stereocenters. The highest BCUT2D eigenvalue weighted by atomic mass is 14.7. The quantitative estimate of drug-likeness (QED) is 0.600. The van der Waals surface area contributed by atoms with Crippen molar-refractivity contribution in [1.29, 1.82) is 0 Å². The maximum atomic E-state index is 2.52. The van der Waals surface area contributed by atoms with Crippen molar-refractivity contribution in [2.45, 2.75) is 53.4 Å². The second-order valence-corrected chi connectivity index (χ2v) is 5.57. The standard InChI is InChI=1S/C13H24/c1-5-11-8-13(7-9(13)3)10(4)12(11)6-2/h9-12H,5-8H2,1-4H3. The van der Waals surface area contributed by atoms with E-state index in [1.807, 2.05) is 0 Å². The summed E-state index contributed by atoms with van der Waals surface area (Å²) in [6.45, 7) is 9.75. The third kappa shape index (κ3) is 1.17. The van der Waals surface area contributed by atoms with Crippen LogP contribution in [0.5, 0.6) is 0 Å². The second-order valence-electron chi connectivity index (χ2n) is 5.57. The third-order valence-corrected chi connectivity index (χ3v) is 5.30. The van der Waals surface area contributed by atoms with E-state index in [1.54, 1.807) is 6.42 Å². The molecule has 0 bridgehead atoms. The summed E-state index contributed by atoms with van der Waals surface area (Å²) in [4.78, 5) is 0. The molecule has 2 aliphatic rings. The van der Waals surface area contributed by atoms with Crippen molar-refractivity contribution in [3.05, 3.63) is 0 Å². The van der Waals surface area contributed by atoms with Gasteiger partial charge in [-0.15, -0.1) is 0 Å². The Morgan fingerprint density at radius 2 is 1.69 bits per heavy atom. The molecule has 2 saturated carbocycles. The summed E-state index contributed by atoms with van der Waals surface area (Å²) in [5.41, 5.74) is 0.807. The van der Waals surface area contributed by atoms with Crippen molar-refractivity contribution in [2.24, 2.45) is 29.1 Å². The van der Waals surface area contributed by atoms with Gasteiger partial charge in [0.2, 0.25) is 0 Å². The van der Waals surface area contributed by atoms with Crippen LogP contribution in [0, 0.1) is 29.1 Å². The van der Waals surface area contributed by atoms with Gasteiger partial charge >= 0.3 is 0 Å². The van der Waals surface area contributed by atoms with Gasteiger partial charge in [-0.3, -0.25) is 0 Å². The molecule has 0 aromatic carbocycles. The average Bonchev–Trinajstić information content (AvgIpc) is 2.67. The Hall–Kier alpha value is 0. The monoisotopic (exact) mass is 180 g/mol. The van der Waals surface area contributed by atoms with Crippen LogP contribution in [-0.4, -0.2) is 0 Å². The smallest absolute Gasteiger partial charge is 0.0238 e. The number of hydrogen-bond donors (Lipinski definition) is 0. The fourth-order valence-electron chi connectivity index (χ4n) is 4.22. The van der Waals surface area contributed by atoms with E-state index in [9.17, 15) is 0 Å². The summed E-state index contributed by atoms with van der Waals surface area (Å²) >= 11 is 0. The summed E-state index contributed by atoms with van der Waals surface area (Å²) in [5, 5.41) is 0. The molecule has 2 fully saturated rings. The predicted molar refractivity (Wildman–Crippen MR) is 57.6 cm³/mol. The fourth-order valence-corrected chi connectivity index (χ4v) is 4.22. The van der Waals surface area contributed by atoms with Gasteiger partial charge in [0.1, 0.15) is 0 Å². The van der Waals surface area contributed by atoms with Gasteiger partial charge in [-0.05, 0) is 41.9 Å². The Bertz CT molecular complexity index is 196. The lowest BCUT2D eigenvalue weighted by Gasteiger charge is -2.21. The molecule has 0 aliphatic heterocycles. The second kappa shape index (κ2) is 3.00. The Morgan fingerprint density at radius 1 is 1.08 bits per heavy atom. The first-order chi connectivity index (χ1) is 6.15. The molecule has 0 amide bonds. The van der Waals surface area contributed by atoms with Crippen molar-refractivity contribution in [2.75, 3.05) is 0 Å². The van der Waals surface area contributed by atoms with E-state index >= 15 is 0 Å². The van der Waals surface area contributed by atoms with Gasteiger partial charge in [0, 0.05) is 0 Å². The summed E-state index contributed by atoms with van der Waals surface area (Å²) in [7, 11) is 0. The van der Waals surface area contributed by atoms with Gasteiger partial charge in [-0.25, -0.2) is 0 Å². The van der Waals surface area contributed by atoms with Gasteiger partial charge in [0.15, 0.2) is 0 Å². The van der Waals surface area contributed by atoms with Crippen LogP contribution in [0.3, 0.4) is 0 Å².